The smallest absolute Gasteiger partial charge is 0.0764 e. The van der Waals surface area contributed by atoms with Gasteiger partial charge < -0.3 is 9.30 Å². The van der Waals surface area contributed by atoms with Gasteiger partial charge in [0.05, 0.1) is 33.3 Å². The van der Waals surface area contributed by atoms with Gasteiger partial charge in [-0.2, -0.15) is 0 Å². The van der Waals surface area contributed by atoms with Gasteiger partial charge >= 0.3 is 0 Å². The summed E-state index contributed by atoms with van der Waals surface area (Å²) < 4.78 is 2.46. The molecule has 3 heteroatoms. The first kappa shape index (κ1) is 24.8. The largest absolute Gasteiger partial charge is 0.310 e. The lowest BCUT2D eigenvalue weighted by atomic mass is 9.62. The van der Waals surface area contributed by atoms with Crippen molar-refractivity contribution in [1.82, 2.24) is 4.40 Å². The Bertz CT molecular complexity index is 2520. The van der Waals surface area contributed by atoms with E-state index in [0.717, 1.165) is 0 Å². The summed E-state index contributed by atoms with van der Waals surface area (Å²) in [5, 5.41) is 5.16. The lowest BCUT2D eigenvalue weighted by Gasteiger charge is -2.49. The normalized spacial score (nSPS) is 14.6. The molecule has 11 rings (SSSR count). The Balaban J connectivity index is 1.29. The summed E-state index contributed by atoms with van der Waals surface area (Å²) in [5.74, 6) is 0. The Kier molecular flexibility index (Phi) is 4.74. The number of nitrogens with zero attached hydrogens (tertiary/aromatic N) is 2. The van der Waals surface area contributed by atoms with Crippen molar-refractivity contribution in [2.45, 2.75) is 15.2 Å². The highest BCUT2D eigenvalue weighted by Gasteiger charge is 2.50. The van der Waals surface area contributed by atoms with E-state index in [1.54, 1.807) is 0 Å². The van der Waals surface area contributed by atoms with Gasteiger partial charge in [-0.05, 0) is 70.8 Å². The summed E-state index contributed by atoms with van der Waals surface area (Å²) in [5.41, 5.74) is 12.3. The quantitative estimate of drug-likeness (QED) is 0.185. The van der Waals surface area contributed by atoms with Gasteiger partial charge in [-0.1, -0.05) is 121 Å². The summed E-state index contributed by atoms with van der Waals surface area (Å²) >= 11 is 1.89. The van der Waals surface area contributed by atoms with Crippen molar-refractivity contribution in [1.29, 1.82) is 0 Å². The molecule has 2 aromatic heterocycles. The van der Waals surface area contributed by atoms with Crippen LogP contribution < -0.4 is 4.90 Å². The van der Waals surface area contributed by atoms with Crippen LogP contribution in [0, 0.1) is 0 Å². The van der Waals surface area contributed by atoms with E-state index in [4.69, 9.17) is 0 Å². The standard InChI is InChI=1S/C43H26N2S/c1-7-19-36-28(13-1)30-25-27(26-31-29-14-2-8-20-37(29)45(36)42(30)31)44-38-21-9-3-15-32(38)43(33-16-4-10-22-39(33)44)34-17-5-11-23-40(34)46-41-24-12-6-18-35(41)43/h1-26H. The molecule has 2 nitrogen and oxygen atoms in total. The second-order valence-corrected chi connectivity index (χ2v) is 13.6. The fourth-order valence-electron chi connectivity index (χ4n) is 8.66. The van der Waals surface area contributed by atoms with Crippen molar-refractivity contribution in [2.24, 2.45) is 0 Å². The summed E-state index contributed by atoms with van der Waals surface area (Å²) in [7, 11) is 0. The molecule has 2 aliphatic heterocycles. The van der Waals surface area contributed by atoms with Crippen LogP contribution >= 0.6 is 11.8 Å². The van der Waals surface area contributed by atoms with Gasteiger partial charge in [0.2, 0.25) is 0 Å². The van der Waals surface area contributed by atoms with E-state index in [-0.39, 0.29) is 0 Å². The highest BCUT2D eigenvalue weighted by atomic mass is 32.2. The van der Waals surface area contributed by atoms with Crippen molar-refractivity contribution in [3.05, 3.63) is 180 Å². The molecule has 2 aliphatic rings. The van der Waals surface area contributed by atoms with Crippen LogP contribution in [0.1, 0.15) is 22.3 Å². The van der Waals surface area contributed by atoms with Crippen LogP contribution in [-0.2, 0) is 5.41 Å². The molecule has 4 heterocycles. The highest BCUT2D eigenvalue weighted by molar-refractivity contribution is 7.99. The van der Waals surface area contributed by atoms with E-state index in [1.165, 1.54) is 87.2 Å². The molecule has 214 valence electrons. The van der Waals surface area contributed by atoms with Crippen LogP contribution in [0.25, 0.3) is 38.1 Å². The molecule has 0 unspecified atom stereocenters. The van der Waals surface area contributed by atoms with Gasteiger partial charge in [-0.3, -0.25) is 0 Å². The van der Waals surface area contributed by atoms with Crippen LogP contribution in [0.3, 0.4) is 0 Å². The molecular formula is C43H26N2S. The van der Waals surface area contributed by atoms with Gasteiger partial charge in [0.15, 0.2) is 0 Å². The monoisotopic (exact) mass is 602 g/mol. The Morgan fingerprint density at radius 3 is 1.39 bits per heavy atom. The van der Waals surface area contributed by atoms with Gasteiger partial charge in [-0.15, -0.1) is 0 Å². The molecule has 0 aliphatic carbocycles. The van der Waals surface area contributed by atoms with Crippen molar-refractivity contribution in [3.8, 4) is 0 Å². The molecule has 0 atom stereocenters. The molecule has 0 bridgehead atoms. The second-order valence-electron chi connectivity index (χ2n) is 12.5. The third-order valence-corrected chi connectivity index (χ3v) is 11.5. The first-order valence-electron chi connectivity index (χ1n) is 15.9. The minimum atomic E-state index is -0.439. The Hall–Kier alpha value is -5.51. The highest BCUT2D eigenvalue weighted by Crippen LogP contribution is 2.63. The molecule has 0 N–H and O–H groups in total. The van der Waals surface area contributed by atoms with E-state index < -0.39 is 5.41 Å². The summed E-state index contributed by atoms with van der Waals surface area (Å²) in [4.78, 5) is 5.16. The van der Waals surface area contributed by atoms with Crippen molar-refractivity contribution < 1.29 is 0 Å². The SMILES string of the molecule is c1ccc2c(c1)Sc1ccccc1C21c2ccccc2N(c2cc3c4ccccc4n4c5ccccc5c(c2)c34)c2ccccc21. The van der Waals surface area contributed by atoms with Crippen LogP contribution in [0.5, 0.6) is 0 Å². The van der Waals surface area contributed by atoms with E-state index in [1.807, 2.05) is 11.8 Å². The molecule has 0 saturated carbocycles. The minimum absolute atomic E-state index is 0.439. The number of hydrogen-bond donors (Lipinski definition) is 0. The summed E-state index contributed by atoms with van der Waals surface area (Å²) in [6.07, 6.45) is 0. The zero-order valence-electron chi connectivity index (χ0n) is 24.8. The van der Waals surface area contributed by atoms with Crippen molar-refractivity contribution >= 4 is 66.9 Å². The topological polar surface area (TPSA) is 7.65 Å². The molecule has 0 fully saturated rings. The fraction of sp³-hybridized carbons (Fsp3) is 0.0233. The minimum Gasteiger partial charge on any atom is -0.310 e. The van der Waals surface area contributed by atoms with Crippen molar-refractivity contribution in [2.75, 3.05) is 4.90 Å². The fourth-order valence-corrected chi connectivity index (χ4v) is 9.85. The average molecular weight is 603 g/mol. The lowest BCUT2D eigenvalue weighted by molar-refractivity contribution is 0.692. The Morgan fingerprint density at radius 1 is 0.413 bits per heavy atom. The number of rotatable bonds is 1. The predicted molar refractivity (Wildman–Crippen MR) is 192 cm³/mol. The zero-order valence-corrected chi connectivity index (χ0v) is 25.6. The Morgan fingerprint density at radius 2 is 0.848 bits per heavy atom. The summed E-state index contributed by atoms with van der Waals surface area (Å²) in [6, 6.07) is 58.8. The number of hydrogen-bond acceptors (Lipinski definition) is 2. The Labute approximate surface area is 270 Å². The number of aromatic nitrogens is 1. The maximum atomic E-state index is 2.52. The van der Waals surface area contributed by atoms with Gasteiger partial charge in [0.1, 0.15) is 0 Å². The van der Waals surface area contributed by atoms with E-state index in [2.05, 4.69) is 167 Å². The maximum Gasteiger partial charge on any atom is 0.0764 e. The number of benzene rings is 7. The summed E-state index contributed by atoms with van der Waals surface area (Å²) in [6.45, 7) is 0. The molecule has 0 amide bonds. The van der Waals surface area contributed by atoms with E-state index >= 15 is 0 Å². The molecule has 0 radical (unpaired) electrons. The van der Waals surface area contributed by atoms with Gasteiger partial charge in [0, 0.05) is 37.0 Å². The molecule has 0 saturated heterocycles. The third kappa shape index (κ3) is 2.90. The molecule has 7 aromatic carbocycles. The molecule has 1 spiro atoms. The lowest BCUT2D eigenvalue weighted by Crippen LogP contribution is -2.39. The molecule has 9 aromatic rings. The number of para-hydroxylation sites is 4. The maximum absolute atomic E-state index is 2.52. The molecule has 46 heavy (non-hydrogen) atoms. The zero-order chi connectivity index (χ0) is 30.0. The predicted octanol–water partition coefficient (Wildman–Crippen LogP) is 11.5. The second kappa shape index (κ2) is 8.81. The molecular weight excluding hydrogens is 577 g/mol. The number of fused-ring (bicyclic) bond motifs is 14. The van der Waals surface area contributed by atoms with Gasteiger partial charge in [0.25, 0.3) is 0 Å². The van der Waals surface area contributed by atoms with Gasteiger partial charge in [-0.25, -0.2) is 0 Å². The number of anilines is 3. The van der Waals surface area contributed by atoms with Crippen LogP contribution in [0.4, 0.5) is 17.1 Å². The van der Waals surface area contributed by atoms with E-state index in [0.29, 0.717) is 0 Å². The van der Waals surface area contributed by atoms with Crippen LogP contribution in [0.2, 0.25) is 0 Å². The van der Waals surface area contributed by atoms with Crippen LogP contribution in [-0.4, -0.2) is 4.40 Å². The third-order valence-electron chi connectivity index (χ3n) is 10.3. The van der Waals surface area contributed by atoms with Crippen molar-refractivity contribution in [3.63, 3.8) is 0 Å². The average Bonchev–Trinajstić information content (AvgIpc) is 3.63. The van der Waals surface area contributed by atoms with Crippen LogP contribution in [0.15, 0.2) is 168 Å². The van der Waals surface area contributed by atoms with E-state index in [9.17, 15) is 0 Å². The first-order valence-corrected chi connectivity index (χ1v) is 16.7. The first-order chi connectivity index (χ1) is 22.8.